The molecule has 2 heterocycles. The van der Waals surface area contributed by atoms with Crippen LogP contribution in [0.25, 0.3) is 0 Å². The van der Waals surface area contributed by atoms with Crippen molar-refractivity contribution in [1.29, 1.82) is 0 Å². The fraction of sp³-hybridized carbons (Fsp3) is 0.500. The molecule has 86 valence electrons. The third-order valence-electron chi connectivity index (χ3n) is 2.29. The molecule has 0 radical (unpaired) electrons. The summed E-state index contributed by atoms with van der Waals surface area (Å²) in [4.78, 5) is 18.8. The first-order valence-electron chi connectivity index (χ1n) is 5.06. The Labute approximate surface area is 97.2 Å². The van der Waals surface area contributed by atoms with E-state index in [9.17, 15) is 4.79 Å². The van der Waals surface area contributed by atoms with Crippen LogP contribution in [0.4, 0.5) is 0 Å². The Morgan fingerprint density at radius 1 is 1.50 bits per heavy atom. The van der Waals surface area contributed by atoms with E-state index >= 15 is 0 Å². The molecule has 1 aromatic rings. The van der Waals surface area contributed by atoms with E-state index in [0.29, 0.717) is 10.4 Å². The van der Waals surface area contributed by atoms with Gasteiger partial charge in [0.05, 0.1) is 0 Å². The van der Waals surface area contributed by atoms with Gasteiger partial charge in [0.15, 0.2) is 10.9 Å². The van der Waals surface area contributed by atoms with Crippen molar-refractivity contribution >= 4 is 17.7 Å². The van der Waals surface area contributed by atoms with Crippen LogP contribution in [0, 0.1) is 0 Å². The lowest BCUT2D eigenvalue weighted by Gasteiger charge is -2.20. The molecule has 2 rings (SSSR count). The van der Waals surface area contributed by atoms with Crippen LogP contribution in [-0.4, -0.2) is 39.5 Å². The van der Waals surface area contributed by atoms with Crippen LogP contribution in [0.5, 0.6) is 0 Å². The number of aromatic nitrogens is 2. The fourth-order valence-electron chi connectivity index (χ4n) is 1.46. The Balaban J connectivity index is 2.02. The van der Waals surface area contributed by atoms with E-state index in [-0.39, 0.29) is 5.69 Å². The van der Waals surface area contributed by atoms with Crippen molar-refractivity contribution in [3.8, 4) is 0 Å². The van der Waals surface area contributed by atoms with Gasteiger partial charge in [-0.15, -0.1) is 0 Å². The van der Waals surface area contributed by atoms with E-state index in [1.54, 1.807) is 0 Å². The minimum Gasteiger partial charge on any atom is -0.477 e. The molecule has 0 amide bonds. The minimum atomic E-state index is -1.02. The van der Waals surface area contributed by atoms with E-state index in [2.05, 4.69) is 9.97 Å². The van der Waals surface area contributed by atoms with Gasteiger partial charge in [-0.1, -0.05) is 11.8 Å². The monoisotopic (exact) mass is 240 g/mol. The first kappa shape index (κ1) is 11.3. The lowest BCUT2D eigenvalue weighted by atomic mass is 10.2. The average Bonchev–Trinajstić information content (AvgIpc) is 2.30. The fourth-order valence-corrected chi connectivity index (χ4v) is 2.46. The summed E-state index contributed by atoms with van der Waals surface area (Å²) in [5.74, 6) is -1.02. The molecule has 0 atom stereocenters. The normalized spacial score (nSPS) is 17.2. The van der Waals surface area contributed by atoms with Gasteiger partial charge in [-0.3, -0.25) is 0 Å². The summed E-state index contributed by atoms with van der Waals surface area (Å²) < 4.78 is 5.25. The zero-order chi connectivity index (χ0) is 11.4. The number of nitrogens with zero attached hydrogens (tertiary/aromatic N) is 2. The van der Waals surface area contributed by atoms with Crippen molar-refractivity contribution in [2.45, 2.75) is 23.2 Å². The van der Waals surface area contributed by atoms with E-state index in [1.165, 1.54) is 24.0 Å². The van der Waals surface area contributed by atoms with Crippen LogP contribution in [-0.2, 0) is 4.74 Å². The number of ether oxygens (including phenoxy) is 1. The van der Waals surface area contributed by atoms with E-state index in [1.807, 2.05) is 0 Å². The Kier molecular flexibility index (Phi) is 3.74. The van der Waals surface area contributed by atoms with Gasteiger partial charge in [0, 0.05) is 24.7 Å². The smallest absolute Gasteiger partial charge is 0.354 e. The molecular weight excluding hydrogens is 228 g/mol. The molecule has 1 saturated heterocycles. The third-order valence-corrected chi connectivity index (χ3v) is 3.51. The number of aromatic carboxylic acids is 1. The van der Waals surface area contributed by atoms with Crippen LogP contribution in [0.3, 0.4) is 0 Å². The minimum absolute atomic E-state index is 0.0459. The van der Waals surface area contributed by atoms with Gasteiger partial charge in [0.25, 0.3) is 0 Å². The van der Waals surface area contributed by atoms with E-state index < -0.39 is 5.97 Å². The summed E-state index contributed by atoms with van der Waals surface area (Å²) >= 11 is 1.53. The number of carbonyl (C=O) groups is 1. The summed E-state index contributed by atoms with van der Waals surface area (Å²) in [7, 11) is 0. The number of hydrogen-bond donors (Lipinski definition) is 1. The molecule has 1 aromatic heterocycles. The van der Waals surface area contributed by atoms with Gasteiger partial charge in [-0.2, -0.15) is 0 Å². The molecule has 0 saturated carbocycles. The molecule has 1 N–H and O–H groups in total. The van der Waals surface area contributed by atoms with E-state index in [4.69, 9.17) is 9.84 Å². The molecular formula is C10H12N2O3S. The van der Waals surface area contributed by atoms with Crippen LogP contribution < -0.4 is 0 Å². The molecule has 0 spiro atoms. The van der Waals surface area contributed by atoms with Crippen LogP contribution in [0.2, 0.25) is 0 Å². The molecule has 0 aromatic carbocycles. The van der Waals surface area contributed by atoms with Gasteiger partial charge < -0.3 is 9.84 Å². The molecule has 6 heteroatoms. The SMILES string of the molecule is O=C(O)c1ccnc(SC2CCOCC2)n1. The van der Waals surface area contributed by atoms with Crippen molar-refractivity contribution in [2.24, 2.45) is 0 Å². The number of rotatable bonds is 3. The van der Waals surface area contributed by atoms with Gasteiger partial charge >= 0.3 is 5.97 Å². The topological polar surface area (TPSA) is 72.3 Å². The van der Waals surface area contributed by atoms with Gasteiger partial charge in [-0.25, -0.2) is 14.8 Å². The number of carboxylic acids is 1. The zero-order valence-corrected chi connectivity index (χ0v) is 9.44. The zero-order valence-electron chi connectivity index (χ0n) is 8.63. The molecule has 1 fully saturated rings. The molecule has 1 aliphatic rings. The number of hydrogen-bond acceptors (Lipinski definition) is 5. The second kappa shape index (κ2) is 5.27. The molecule has 0 bridgehead atoms. The summed E-state index contributed by atoms with van der Waals surface area (Å²) in [5, 5.41) is 9.76. The van der Waals surface area contributed by atoms with Crippen molar-refractivity contribution < 1.29 is 14.6 Å². The molecule has 0 unspecified atom stereocenters. The maximum atomic E-state index is 10.7. The second-order valence-corrected chi connectivity index (χ2v) is 4.73. The van der Waals surface area contributed by atoms with Crippen molar-refractivity contribution in [2.75, 3.05) is 13.2 Å². The predicted molar refractivity (Wildman–Crippen MR) is 58.7 cm³/mol. The van der Waals surface area contributed by atoms with Crippen LogP contribution >= 0.6 is 11.8 Å². The van der Waals surface area contributed by atoms with Crippen molar-refractivity contribution in [1.82, 2.24) is 9.97 Å². The Morgan fingerprint density at radius 3 is 2.94 bits per heavy atom. The Bertz CT molecular complexity index is 380. The predicted octanol–water partition coefficient (Wildman–Crippen LogP) is 1.45. The standard InChI is InChI=1S/C10H12N2O3S/c13-9(14)8-1-4-11-10(12-8)16-7-2-5-15-6-3-7/h1,4,7H,2-3,5-6H2,(H,13,14). The average molecular weight is 240 g/mol. The second-order valence-electron chi connectivity index (χ2n) is 3.46. The maximum absolute atomic E-state index is 10.7. The Hall–Kier alpha value is -1.14. The first-order valence-corrected chi connectivity index (χ1v) is 5.94. The van der Waals surface area contributed by atoms with Crippen molar-refractivity contribution in [3.63, 3.8) is 0 Å². The van der Waals surface area contributed by atoms with Crippen LogP contribution in [0.15, 0.2) is 17.4 Å². The number of thioether (sulfide) groups is 1. The summed E-state index contributed by atoms with van der Waals surface area (Å²) in [5.41, 5.74) is 0.0459. The largest absolute Gasteiger partial charge is 0.477 e. The highest BCUT2D eigenvalue weighted by Crippen LogP contribution is 2.26. The van der Waals surface area contributed by atoms with Gasteiger partial charge in [0.2, 0.25) is 0 Å². The highest BCUT2D eigenvalue weighted by atomic mass is 32.2. The molecule has 5 nitrogen and oxygen atoms in total. The van der Waals surface area contributed by atoms with Crippen molar-refractivity contribution in [3.05, 3.63) is 18.0 Å². The summed E-state index contributed by atoms with van der Waals surface area (Å²) in [6.07, 6.45) is 3.41. The van der Waals surface area contributed by atoms with Gasteiger partial charge in [-0.05, 0) is 18.9 Å². The van der Waals surface area contributed by atoms with E-state index in [0.717, 1.165) is 26.1 Å². The first-order chi connectivity index (χ1) is 7.75. The van der Waals surface area contributed by atoms with Crippen LogP contribution in [0.1, 0.15) is 23.3 Å². The molecule has 16 heavy (non-hydrogen) atoms. The quantitative estimate of drug-likeness (QED) is 0.806. The molecule has 1 aliphatic heterocycles. The summed E-state index contributed by atoms with van der Waals surface area (Å²) in [6.45, 7) is 1.52. The lowest BCUT2D eigenvalue weighted by Crippen LogP contribution is -2.17. The molecule has 0 aliphatic carbocycles. The van der Waals surface area contributed by atoms with Gasteiger partial charge in [0.1, 0.15) is 0 Å². The summed E-state index contributed by atoms with van der Waals surface area (Å²) in [6, 6.07) is 1.40. The third kappa shape index (κ3) is 2.93. The Morgan fingerprint density at radius 2 is 2.25 bits per heavy atom. The number of carboxylic acid groups (broad SMARTS) is 1. The lowest BCUT2D eigenvalue weighted by molar-refractivity contribution is 0.0689. The highest BCUT2D eigenvalue weighted by Gasteiger charge is 2.17. The maximum Gasteiger partial charge on any atom is 0.354 e. The highest BCUT2D eigenvalue weighted by molar-refractivity contribution is 7.99.